The lowest BCUT2D eigenvalue weighted by atomic mass is 10.2. The Morgan fingerprint density at radius 3 is 2.25 bits per heavy atom. The molecule has 7 heteroatoms. The molecule has 0 saturated carbocycles. The summed E-state index contributed by atoms with van der Waals surface area (Å²) in [5.74, 6) is 0.525. The van der Waals surface area contributed by atoms with E-state index in [1.807, 2.05) is 24.3 Å². The molecule has 0 saturated heterocycles. The third kappa shape index (κ3) is 9.83. The van der Waals surface area contributed by atoms with Crippen LogP contribution in [0.5, 0.6) is 5.75 Å². The SMILES string of the molecule is CCCCCCOc1ccc(NC(=O)CNc2ccc(C(=O)NCCCOC)cc2)cc1. The summed E-state index contributed by atoms with van der Waals surface area (Å²) < 4.78 is 10.7. The van der Waals surface area contributed by atoms with Gasteiger partial charge in [0.2, 0.25) is 5.91 Å². The highest BCUT2D eigenvalue weighted by Crippen LogP contribution is 2.16. The van der Waals surface area contributed by atoms with Crippen molar-refractivity contribution < 1.29 is 19.1 Å². The van der Waals surface area contributed by atoms with E-state index in [0.29, 0.717) is 25.3 Å². The molecule has 0 aliphatic carbocycles. The molecule has 0 bridgehead atoms. The zero-order valence-corrected chi connectivity index (χ0v) is 19.1. The molecule has 7 nitrogen and oxygen atoms in total. The van der Waals surface area contributed by atoms with Gasteiger partial charge in [0.15, 0.2) is 0 Å². The molecule has 2 aromatic rings. The molecule has 2 aromatic carbocycles. The Kier molecular flexibility index (Phi) is 11.7. The van der Waals surface area contributed by atoms with Crippen molar-refractivity contribution in [3.05, 3.63) is 54.1 Å². The summed E-state index contributed by atoms with van der Waals surface area (Å²) in [5, 5.41) is 8.76. The van der Waals surface area contributed by atoms with Crippen LogP contribution in [0.15, 0.2) is 48.5 Å². The molecule has 0 radical (unpaired) electrons. The molecule has 0 atom stereocenters. The van der Waals surface area contributed by atoms with E-state index >= 15 is 0 Å². The van der Waals surface area contributed by atoms with E-state index in [4.69, 9.17) is 9.47 Å². The highest BCUT2D eigenvalue weighted by atomic mass is 16.5. The highest BCUT2D eigenvalue weighted by molar-refractivity contribution is 5.95. The van der Waals surface area contributed by atoms with Gasteiger partial charge in [-0.1, -0.05) is 26.2 Å². The quantitative estimate of drug-likeness (QED) is 0.355. The fraction of sp³-hybridized carbons (Fsp3) is 0.440. The topological polar surface area (TPSA) is 88.7 Å². The average Bonchev–Trinajstić information content (AvgIpc) is 2.81. The van der Waals surface area contributed by atoms with Crippen LogP contribution in [0, 0.1) is 0 Å². The maximum absolute atomic E-state index is 12.2. The van der Waals surface area contributed by atoms with Crippen LogP contribution in [-0.2, 0) is 9.53 Å². The van der Waals surface area contributed by atoms with Crippen molar-refractivity contribution in [1.82, 2.24) is 5.32 Å². The number of hydrogen-bond donors (Lipinski definition) is 3. The van der Waals surface area contributed by atoms with Crippen LogP contribution in [-0.4, -0.2) is 45.2 Å². The maximum Gasteiger partial charge on any atom is 0.251 e. The Morgan fingerprint density at radius 2 is 1.56 bits per heavy atom. The van der Waals surface area contributed by atoms with Crippen molar-refractivity contribution >= 4 is 23.2 Å². The summed E-state index contributed by atoms with van der Waals surface area (Å²) in [5.41, 5.74) is 2.06. The Balaban J connectivity index is 1.69. The predicted octanol–water partition coefficient (Wildman–Crippen LogP) is 4.46. The van der Waals surface area contributed by atoms with Gasteiger partial charge in [0.05, 0.1) is 13.2 Å². The van der Waals surface area contributed by atoms with E-state index in [9.17, 15) is 9.59 Å². The molecule has 0 aliphatic rings. The number of ether oxygens (including phenoxy) is 2. The number of methoxy groups -OCH3 is 1. The van der Waals surface area contributed by atoms with E-state index in [-0.39, 0.29) is 18.4 Å². The van der Waals surface area contributed by atoms with Crippen LogP contribution in [0.25, 0.3) is 0 Å². The van der Waals surface area contributed by atoms with Gasteiger partial charge in [0.1, 0.15) is 5.75 Å². The van der Waals surface area contributed by atoms with Crippen LogP contribution in [0.2, 0.25) is 0 Å². The van der Waals surface area contributed by atoms with E-state index in [1.54, 1.807) is 31.4 Å². The number of hydrogen-bond acceptors (Lipinski definition) is 5. The third-order valence-electron chi connectivity index (χ3n) is 4.82. The number of anilines is 2. The molecular formula is C25H35N3O4. The minimum atomic E-state index is -0.154. The Hall–Kier alpha value is -3.06. The number of nitrogens with one attached hydrogen (secondary N) is 3. The number of amides is 2. The van der Waals surface area contributed by atoms with Gasteiger partial charge in [-0.25, -0.2) is 0 Å². The first kappa shape index (κ1) is 25.2. The van der Waals surface area contributed by atoms with Crippen molar-refractivity contribution in [2.24, 2.45) is 0 Å². The second kappa shape index (κ2) is 14.9. The zero-order chi connectivity index (χ0) is 23.0. The Morgan fingerprint density at radius 1 is 0.844 bits per heavy atom. The molecule has 3 N–H and O–H groups in total. The summed E-state index contributed by atoms with van der Waals surface area (Å²) in [7, 11) is 1.63. The van der Waals surface area contributed by atoms with Gasteiger partial charge >= 0.3 is 0 Å². The lowest BCUT2D eigenvalue weighted by molar-refractivity contribution is -0.114. The number of rotatable bonds is 15. The molecular weight excluding hydrogens is 406 g/mol. The first-order valence-corrected chi connectivity index (χ1v) is 11.3. The number of benzene rings is 2. The van der Waals surface area contributed by atoms with Crippen LogP contribution >= 0.6 is 0 Å². The van der Waals surface area contributed by atoms with E-state index in [0.717, 1.165) is 30.0 Å². The first-order valence-electron chi connectivity index (χ1n) is 11.3. The van der Waals surface area contributed by atoms with Crippen molar-refractivity contribution in [2.45, 2.75) is 39.0 Å². The summed E-state index contributed by atoms with van der Waals surface area (Å²) >= 11 is 0. The molecule has 2 amide bonds. The maximum atomic E-state index is 12.2. The lowest BCUT2D eigenvalue weighted by Crippen LogP contribution is -2.25. The predicted molar refractivity (Wildman–Crippen MR) is 128 cm³/mol. The zero-order valence-electron chi connectivity index (χ0n) is 19.1. The van der Waals surface area contributed by atoms with Crippen molar-refractivity contribution in [2.75, 3.05) is 44.0 Å². The second-order valence-corrected chi connectivity index (χ2v) is 7.51. The molecule has 2 rings (SSSR count). The largest absolute Gasteiger partial charge is 0.494 e. The molecule has 0 fully saturated rings. The number of carbonyl (C=O) groups is 2. The average molecular weight is 442 g/mol. The van der Waals surface area contributed by atoms with Crippen LogP contribution in [0.1, 0.15) is 49.4 Å². The van der Waals surface area contributed by atoms with Crippen LogP contribution < -0.4 is 20.7 Å². The van der Waals surface area contributed by atoms with E-state index < -0.39 is 0 Å². The molecule has 0 aliphatic heterocycles. The van der Waals surface area contributed by atoms with Gasteiger partial charge in [-0.05, 0) is 61.4 Å². The van der Waals surface area contributed by atoms with Gasteiger partial charge in [0.25, 0.3) is 5.91 Å². The van der Waals surface area contributed by atoms with Crippen LogP contribution in [0.4, 0.5) is 11.4 Å². The molecule has 32 heavy (non-hydrogen) atoms. The normalized spacial score (nSPS) is 10.4. The van der Waals surface area contributed by atoms with Gasteiger partial charge in [-0.2, -0.15) is 0 Å². The smallest absolute Gasteiger partial charge is 0.251 e. The monoisotopic (exact) mass is 441 g/mol. The molecule has 0 heterocycles. The Labute approximate surface area is 190 Å². The van der Waals surface area contributed by atoms with Gasteiger partial charge < -0.3 is 25.4 Å². The number of unbranched alkanes of at least 4 members (excludes halogenated alkanes) is 3. The lowest BCUT2D eigenvalue weighted by Gasteiger charge is -2.10. The highest BCUT2D eigenvalue weighted by Gasteiger charge is 2.06. The molecule has 0 spiro atoms. The third-order valence-corrected chi connectivity index (χ3v) is 4.82. The van der Waals surface area contributed by atoms with Crippen molar-refractivity contribution in [3.8, 4) is 5.75 Å². The van der Waals surface area contributed by atoms with Crippen molar-refractivity contribution in [1.29, 1.82) is 0 Å². The molecule has 0 aromatic heterocycles. The van der Waals surface area contributed by atoms with E-state index in [2.05, 4.69) is 22.9 Å². The molecule has 174 valence electrons. The second-order valence-electron chi connectivity index (χ2n) is 7.51. The Bertz CT molecular complexity index is 807. The van der Waals surface area contributed by atoms with Crippen molar-refractivity contribution in [3.63, 3.8) is 0 Å². The first-order chi connectivity index (χ1) is 15.6. The van der Waals surface area contributed by atoms with Gasteiger partial charge in [-0.15, -0.1) is 0 Å². The van der Waals surface area contributed by atoms with Crippen LogP contribution in [0.3, 0.4) is 0 Å². The fourth-order valence-corrected chi connectivity index (χ4v) is 3.00. The fourth-order valence-electron chi connectivity index (χ4n) is 3.00. The summed E-state index contributed by atoms with van der Waals surface area (Å²) in [6.07, 6.45) is 5.45. The summed E-state index contributed by atoms with van der Waals surface area (Å²) in [6, 6.07) is 14.4. The number of carbonyl (C=O) groups excluding carboxylic acids is 2. The van der Waals surface area contributed by atoms with Gasteiger partial charge in [0, 0.05) is 37.2 Å². The minimum absolute atomic E-state index is 0.123. The standard InChI is InChI=1S/C25H35N3O4/c1-3-4-5-6-18-32-23-14-12-22(13-15-23)28-24(29)19-27-21-10-8-20(9-11-21)25(30)26-16-7-17-31-2/h8-15,27H,3-7,16-19H2,1-2H3,(H,26,30)(H,28,29). The molecule has 0 unspecified atom stereocenters. The summed E-state index contributed by atoms with van der Waals surface area (Å²) in [6.45, 7) is 4.20. The minimum Gasteiger partial charge on any atom is -0.494 e. The van der Waals surface area contributed by atoms with Gasteiger partial charge in [-0.3, -0.25) is 9.59 Å². The summed E-state index contributed by atoms with van der Waals surface area (Å²) in [4.78, 5) is 24.3. The van der Waals surface area contributed by atoms with E-state index in [1.165, 1.54) is 19.3 Å².